The van der Waals surface area contributed by atoms with Crippen molar-refractivity contribution in [2.45, 2.75) is 17.9 Å². The zero-order valence-electron chi connectivity index (χ0n) is 11.6. The molecule has 3 nitrogen and oxygen atoms in total. The second-order valence-corrected chi connectivity index (χ2v) is 6.17. The lowest BCUT2D eigenvalue weighted by atomic mass is 10.2. The Hall–Kier alpha value is -0.0700. The van der Waals surface area contributed by atoms with Crippen LogP contribution in [0.2, 0.25) is 0 Å². The zero-order chi connectivity index (χ0) is 13.9. The summed E-state index contributed by atoms with van der Waals surface area (Å²) in [6, 6.07) is 6.45. The number of nitrogens with one attached hydrogen (secondary N) is 1. The molecule has 0 aliphatic carbocycles. The van der Waals surface area contributed by atoms with Gasteiger partial charge in [-0.1, -0.05) is 15.9 Å². The molecular formula is C14H22BrNO2S. The first-order valence-corrected chi connectivity index (χ1v) is 8.15. The third-order valence-electron chi connectivity index (χ3n) is 2.57. The molecule has 0 unspecified atom stereocenters. The van der Waals surface area contributed by atoms with Crippen molar-refractivity contribution < 1.29 is 9.47 Å². The summed E-state index contributed by atoms with van der Waals surface area (Å²) in [5.41, 5.74) is 1.33. The van der Waals surface area contributed by atoms with Crippen molar-refractivity contribution in [2.24, 2.45) is 0 Å². The Kier molecular flexibility index (Phi) is 9.55. The topological polar surface area (TPSA) is 30.5 Å². The van der Waals surface area contributed by atoms with Crippen molar-refractivity contribution in [3.8, 4) is 0 Å². The van der Waals surface area contributed by atoms with Gasteiger partial charge in [0.25, 0.3) is 0 Å². The highest BCUT2D eigenvalue weighted by atomic mass is 79.9. The average molecular weight is 348 g/mol. The highest BCUT2D eigenvalue weighted by molar-refractivity contribution is 9.10. The number of halogens is 1. The highest BCUT2D eigenvalue weighted by Crippen LogP contribution is 2.26. The lowest BCUT2D eigenvalue weighted by Crippen LogP contribution is -2.18. The van der Waals surface area contributed by atoms with Gasteiger partial charge in [-0.15, -0.1) is 11.8 Å². The Labute approximate surface area is 128 Å². The minimum atomic E-state index is 0.740. The first-order chi connectivity index (χ1) is 9.27. The standard InChI is InChI=1S/C14H22BrNO2S/c1-17-7-3-9-19-14-5-4-13(15)10-12(14)11-16-6-8-18-2/h4-5,10,16H,3,6-9,11H2,1-2H3. The molecule has 0 aliphatic heterocycles. The fourth-order valence-electron chi connectivity index (χ4n) is 1.61. The Balaban J connectivity index is 2.48. The quantitative estimate of drug-likeness (QED) is 0.519. The van der Waals surface area contributed by atoms with E-state index in [1.54, 1.807) is 14.2 Å². The fraction of sp³-hybridized carbons (Fsp3) is 0.571. The van der Waals surface area contributed by atoms with E-state index in [0.29, 0.717) is 0 Å². The van der Waals surface area contributed by atoms with Crippen LogP contribution < -0.4 is 5.32 Å². The predicted octanol–water partition coefficient (Wildman–Crippen LogP) is 3.31. The van der Waals surface area contributed by atoms with Crippen LogP contribution in [0.1, 0.15) is 12.0 Å². The van der Waals surface area contributed by atoms with E-state index in [2.05, 4.69) is 39.4 Å². The van der Waals surface area contributed by atoms with Gasteiger partial charge in [-0.3, -0.25) is 0 Å². The van der Waals surface area contributed by atoms with Crippen molar-refractivity contribution in [3.05, 3.63) is 28.2 Å². The number of ether oxygens (including phenoxy) is 2. The molecule has 1 aromatic rings. The van der Waals surface area contributed by atoms with Crippen LogP contribution in [0, 0.1) is 0 Å². The molecule has 0 saturated carbocycles. The monoisotopic (exact) mass is 347 g/mol. The van der Waals surface area contributed by atoms with Gasteiger partial charge in [0.05, 0.1) is 6.61 Å². The van der Waals surface area contributed by atoms with Crippen LogP contribution in [0.4, 0.5) is 0 Å². The summed E-state index contributed by atoms with van der Waals surface area (Å²) in [5, 5.41) is 3.39. The van der Waals surface area contributed by atoms with Crippen LogP contribution in [0.5, 0.6) is 0 Å². The summed E-state index contributed by atoms with van der Waals surface area (Å²) >= 11 is 5.42. The Morgan fingerprint density at radius 2 is 2.00 bits per heavy atom. The molecule has 1 rings (SSSR count). The molecule has 1 aromatic carbocycles. The third kappa shape index (κ3) is 7.32. The maximum absolute atomic E-state index is 5.07. The van der Waals surface area contributed by atoms with Crippen LogP contribution in [-0.4, -0.2) is 39.7 Å². The SMILES string of the molecule is COCCCSc1ccc(Br)cc1CNCCOC. The van der Waals surface area contributed by atoms with E-state index in [4.69, 9.17) is 9.47 Å². The predicted molar refractivity (Wildman–Crippen MR) is 84.9 cm³/mol. The Morgan fingerprint density at radius 3 is 2.74 bits per heavy atom. The van der Waals surface area contributed by atoms with Gasteiger partial charge < -0.3 is 14.8 Å². The smallest absolute Gasteiger partial charge is 0.0587 e. The molecule has 0 saturated heterocycles. The number of thioether (sulfide) groups is 1. The van der Waals surface area contributed by atoms with Crippen molar-refractivity contribution >= 4 is 27.7 Å². The number of hydrogen-bond donors (Lipinski definition) is 1. The van der Waals surface area contributed by atoms with Crippen molar-refractivity contribution in [1.82, 2.24) is 5.32 Å². The molecule has 1 N–H and O–H groups in total. The molecule has 0 atom stereocenters. The summed E-state index contributed by atoms with van der Waals surface area (Å²) in [6.07, 6.45) is 1.08. The molecule has 0 spiro atoms. The molecule has 0 fully saturated rings. The minimum Gasteiger partial charge on any atom is -0.385 e. The van der Waals surface area contributed by atoms with Gasteiger partial charge in [-0.25, -0.2) is 0 Å². The second-order valence-electron chi connectivity index (χ2n) is 4.12. The Bertz CT molecular complexity index is 363. The number of hydrogen-bond acceptors (Lipinski definition) is 4. The van der Waals surface area contributed by atoms with E-state index < -0.39 is 0 Å². The van der Waals surface area contributed by atoms with Crippen LogP contribution in [0.15, 0.2) is 27.6 Å². The number of methoxy groups -OCH3 is 2. The molecule has 0 bridgehead atoms. The van der Waals surface area contributed by atoms with E-state index in [0.717, 1.165) is 42.9 Å². The van der Waals surface area contributed by atoms with Gasteiger partial charge in [0.2, 0.25) is 0 Å². The molecule has 19 heavy (non-hydrogen) atoms. The maximum atomic E-state index is 5.07. The van der Waals surface area contributed by atoms with Crippen LogP contribution in [0.3, 0.4) is 0 Å². The van der Waals surface area contributed by atoms with E-state index in [1.807, 2.05) is 11.8 Å². The average Bonchev–Trinajstić information content (AvgIpc) is 2.41. The first kappa shape index (κ1) is 17.0. The lowest BCUT2D eigenvalue weighted by Gasteiger charge is -2.11. The molecule has 0 aliphatic rings. The van der Waals surface area contributed by atoms with Crippen LogP contribution >= 0.6 is 27.7 Å². The summed E-state index contributed by atoms with van der Waals surface area (Å²) < 4.78 is 11.2. The largest absolute Gasteiger partial charge is 0.385 e. The number of rotatable bonds is 10. The lowest BCUT2D eigenvalue weighted by molar-refractivity contribution is 0.199. The maximum Gasteiger partial charge on any atom is 0.0587 e. The molecular weight excluding hydrogens is 326 g/mol. The van der Waals surface area contributed by atoms with Gasteiger partial charge >= 0.3 is 0 Å². The minimum absolute atomic E-state index is 0.740. The van der Waals surface area contributed by atoms with E-state index in [9.17, 15) is 0 Å². The van der Waals surface area contributed by atoms with E-state index >= 15 is 0 Å². The van der Waals surface area contributed by atoms with Crippen LogP contribution in [-0.2, 0) is 16.0 Å². The Morgan fingerprint density at radius 1 is 1.21 bits per heavy atom. The molecule has 108 valence electrons. The second kappa shape index (κ2) is 10.7. The van der Waals surface area contributed by atoms with Gasteiger partial charge in [-0.2, -0.15) is 0 Å². The van der Waals surface area contributed by atoms with Crippen LogP contribution in [0.25, 0.3) is 0 Å². The number of benzene rings is 1. The van der Waals surface area contributed by atoms with Crippen molar-refractivity contribution in [3.63, 3.8) is 0 Å². The summed E-state index contributed by atoms with van der Waals surface area (Å²) in [5.74, 6) is 1.08. The molecule has 0 heterocycles. The first-order valence-electron chi connectivity index (χ1n) is 6.37. The van der Waals surface area contributed by atoms with Crippen molar-refractivity contribution in [2.75, 3.05) is 39.7 Å². The molecule has 0 amide bonds. The van der Waals surface area contributed by atoms with E-state index in [1.165, 1.54) is 10.5 Å². The molecule has 0 aromatic heterocycles. The fourth-order valence-corrected chi connectivity index (χ4v) is 2.98. The van der Waals surface area contributed by atoms with Gasteiger partial charge in [0.1, 0.15) is 0 Å². The van der Waals surface area contributed by atoms with Gasteiger partial charge in [-0.05, 0) is 30.2 Å². The zero-order valence-corrected chi connectivity index (χ0v) is 14.0. The highest BCUT2D eigenvalue weighted by Gasteiger charge is 2.04. The summed E-state index contributed by atoms with van der Waals surface area (Å²) in [6.45, 7) is 3.31. The third-order valence-corrected chi connectivity index (χ3v) is 4.27. The normalized spacial score (nSPS) is 10.9. The summed E-state index contributed by atoms with van der Waals surface area (Å²) in [7, 11) is 3.47. The van der Waals surface area contributed by atoms with Gasteiger partial charge in [0, 0.05) is 49.0 Å². The van der Waals surface area contributed by atoms with Gasteiger partial charge in [0.15, 0.2) is 0 Å². The molecule has 5 heteroatoms. The summed E-state index contributed by atoms with van der Waals surface area (Å²) in [4.78, 5) is 1.34. The molecule has 0 radical (unpaired) electrons. The van der Waals surface area contributed by atoms with Crippen molar-refractivity contribution in [1.29, 1.82) is 0 Å². The van der Waals surface area contributed by atoms with E-state index in [-0.39, 0.29) is 0 Å².